The number of carbonyl (C=O) groups is 2. The minimum Gasteiger partial charge on any atom is -0.325 e. The van der Waals surface area contributed by atoms with Gasteiger partial charge in [-0.1, -0.05) is 24.3 Å². The van der Waals surface area contributed by atoms with Crippen LogP contribution in [0.25, 0.3) is 0 Å². The molecule has 6 nitrogen and oxygen atoms in total. The van der Waals surface area contributed by atoms with Crippen LogP contribution in [-0.4, -0.2) is 37.5 Å². The van der Waals surface area contributed by atoms with Gasteiger partial charge in [0.1, 0.15) is 0 Å². The zero-order chi connectivity index (χ0) is 21.0. The summed E-state index contributed by atoms with van der Waals surface area (Å²) in [4.78, 5) is 24.0. The lowest BCUT2D eigenvalue weighted by Crippen LogP contribution is -2.38. The largest absolute Gasteiger partial charge is 0.325 e. The van der Waals surface area contributed by atoms with Crippen LogP contribution in [0, 0.1) is 0 Å². The molecule has 0 unspecified atom stereocenters. The summed E-state index contributed by atoms with van der Waals surface area (Å²) in [6.07, 6.45) is 4.59. The number of carbonyl (C=O) groups excluding carboxylic acids is 2. The van der Waals surface area contributed by atoms with Gasteiger partial charge in [0.05, 0.1) is 11.4 Å². The molecule has 0 fully saturated rings. The number of benzene rings is 2. The maximum Gasteiger partial charge on any atom is 0.243 e. The molecule has 0 aromatic heterocycles. The van der Waals surface area contributed by atoms with Gasteiger partial charge in [0.15, 0.2) is 5.78 Å². The van der Waals surface area contributed by atoms with Crippen molar-refractivity contribution in [3.63, 3.8) is 0 Å². The van der Waals surface area contributed by atoms with Crippen LogP contribution in [-0.2, 0) is 27.7 Å². The van der Waals surface area contributed by atoms with E-state index in [9.17, 15) is 18.0 Å². The summed E-state index contributed by atoms with van der Waals surface area (Å²) in [5.41, 5.74) is 3.61. The second kappa shape index (κ2) is 8.71. The van der Waals surface area contributed by atoms with Crippen molar-refractivity contribution < 1.29 is 18.0 Å². The smallest absolute Gasteiger partial charge is 0.243 e. The van der Waals surface area contributed by atoms with Crippen molar-refractivity contribution in [2.75, 3.05) is 18.4 Å². The number of Topliss-reactive ketones (excluding diaryl/α,β-unsaturated/α-hetero) is 1. The van der Waals surface area contributed by atoms with Crippen LogP contribution in [0.15, 0.2) is 60.0 Å². The van der Waals surface area contributed by atoms with Crippen molar-refractivity contribution in [1.82, 2.24) is 4.31 Å². The molecule has 0 saturated heterocycles. The van der Waals surface area contributed by atoms with E-state index in [2.05, 4.69) is 11.9 Å². The molecule has 1 N–H and O–H groups in total. The third-order valence-electron chi connectivity index (χ3n) is 4.93. The van der Waals surface area contributed by atoms with Gasteiger partial charge < -0.3 is 5.32 Å². The van der Waals surface area contributed by atoms with Crippen molar-refractivity contribution in [2.45, 2.75) is 31.1 Å². The lowest BCUT2D eigenvalue weighted by Gasteiger charge is -2.20. The van der Waals surface area contributed by atoms with Gasteiger partial charge in [-0.2, -0.15) is 4.31 Å². The molecule has 2 aromatic carbocycles. The predicted octanol–water partition coefficient (Wildman–Crippen LogP) is 3.19. The first-order valence-electron chi connectivity index (χ1n) is 9.45. The number of hydrogen-bond acceptors (Lipinski definition) is 4. The normalized spacial score (nSPS) is 13.2. The second-order valence-corrected chi connectivity index (χ2v) is 8.99. The minimum absolute atomic E-state index is 0.00555. The molecule has 0 spiro atoms. The Hall–Kier alpha value is -2.77. The molecule has 0 bridgehead atoms. The molecule has 7 heteroatoms. The zero-order valence-electron chi connectivity index (χ0n) is 16.3. The van der Waals surface area contributed by atoms with Crippen molar-refractivity contribution in [2.24, 2.45) is 0 Å². The molecule has 0 atom stereocenters. The van der Waals surface area contributed by atoms with Crippen LogP contribution in [0.3, 0.4) is 0 Å². The molecule has 152 valence electrons. The van der Waals surface area contributed by atoms with Crippen LogP contribution in [0.5, 0.6) is 0 Å². The number of hydrogen-bond donors (Lipinski definition) is 1. The number of sulfonamides is 1. The summed E-state index contributed by atoms with van der Waals surface area (Å²) in [6, 6.07) is 11.5. The molecule has 0 radical (unpaired) electrons. The summed E-state index contributed by atoms with van der Waals surface area (Å²) in [5, 5.41) is 2.78. The van der Waals surface area contributed by atoms with Crippen LogP contribution in [0.2, 0.25) is 0 Å². The van der Waals surface area contributed by atoms with Crippen molar-refractivity contribution in [1.29, 1.82) is 0 Å². The molecule has 3 rings (SSSR count). The van der Waals surface area contributed by atoms with Gasteiger partial charge in [-0.05, 0) is 61.6 Å². The number of amides is 1. The van der Waals surface area contributed by atoms with Crippen LogP contribution >= 0.6 is 0 Å². The van der Waals surface area contributed by atoms with E-state index < -0.39 is 15.9 Å². The van der Waals surface area contributed by atoms with E-state index in [4.69, 9.17) is 0 Å². The maximum atomic E-state index is 13.0. The molecule has 1 amide bonds. The highest BCUT2D eigenvalue weighted by Gasteiger charge is 2.26. The molecule has 0 heterocycles. The highest BCUT2D eigenvalue weighted by Crippen LogP contribution is 2.25. The zero-order valence-corrected chi connectivity index (χ0v) is 17.2. The fourth-order valence-corrected chi connectivity index (χ4v) is 4.78. The molecule has 0 saturated carbocycles. The Morgan fingerprint density at radius 1 is 1.10 bits per heavy atom. The molecule has 2 aromatic rings. The van der Waals surface area contributed by atoms with Gasteiger partial charge in [0.2, 0.25) is 15.9 Å². The highest BCUT2D eigenvalue weighted by molar-refractivity contribution is 7.89. The molecular formula is C22H24N2O4S. The number of nitrogens with one attached hydrogen (secondary N) is 1. The first-order chi connectivity index (χ1) is 13.8. The minimum atomic E-state index is -3.91. The Morgan fingerprint density at radius 2 is 1.79 bits per heavy atom. The van der Waals surface area contributed by atoms with Gasteiger partial charge in [-0.3, -0.25) is 9.59 Å². The molecule has 1 aliphatic rings. The van der Waals surface area contributed by atoms with E-state index in [1.54, 1.807) is 0 Å². The Morgan fingerprint density at radius 3 is 2.45 bits per heavy atom. The standard InChI is InChI=1S/C22H24N2O4S/c1-3-13-24(29(27,28)21-11-8-17(9-12-21)16(2)25)15-22(26)23-20-10-7-18-5-4-6-19(18)14-20/h3,7-12,14H,1,4-6,13,15H2,2H3,(H,23,26). The highest BCUT2D eigenvalue weighted by atomic mass is 32.2. The summed E-state index contributed by atoms with van der Waals surface area (Å²) in [6.45, 7) is 4.67. The van der Waals surface area contributed by atoms with Gasteiger partial charge in [0, 0.05) is 17.8 Å². The van der Waals surface area contributed by atoms with E-state index in [0.717, 1.165) is 23.6 Å². The van der Waals surface area contributed by atoms with E-state index in [1.165, 1.54) is 48.4 Å². The first kappa shape index (κ1) is 21.0. The predicted molar refractivity (Wildman–Crippen MR) is 112 cm³/mol. The SMILES string of the molecule is C=CCN(CC(=O)Nc1ccc2c(c1)CCC2)S(=O)(=O)c1ccc(C(C)=O)cc1. The Bertz CT molecular complexity index is 1040. The molecular weight excluding hydrogens is 388 g/mol. The van der Waals surface area contributed by atoms with Crippen LogP contribution < -0.4 is 5.32 Å². The molecule has 29 heavy (non-hydrogen) atoms. The third-order valence-corrected chi connectivity index (χ3v) is 6.76. The Labute approximate surface area is 171 Å². The summed E-state index contributed by atoms with van der Waals surface area (Å²) in [7, 11) is -3.91. The number of aryl methyl sites for hydroxylation is 2. The summed E-state index contributed by atoms with van der Waals surface area (Å²) < 4.78 is 27.0. The summed E-state index contributed by atoms with van der Waals surface area (Å²) >= 11 is 0. The van der Waals surface area contributed by atoms with Gasteiger partial charge in [0.25, 0.3) is 0 Å². The fraction of sp³-hybridized carbons (Fsp3) is 0.273. The Balaban J connectivity index is 1.75. The van der Waals surface area contributed by atoms with Crippen molar-refractivity contribution >= 4 is 27.4 Å². The maximum absolute atomic E-state index is 13.0. The Kier molecular flexibility index (Phi) is 6.30. The topological polar surface area (TPSA) is 83.6 Å². The fourth-order valence-electron chi connectivity index (χ4n) is 3.41. The monoisotopic (exact) mass is 412 g/mol. The van der Waals surface area contributed by atoms with Crippen molar-refractivity contribution in [3.8, 4) is 0 Å². The second-order valence-electron chi connectivity index (χ2n) is 7.05. The molecule has 1 aliphatic carbocycles. The number of rotatable bonds is 8. The van der Waals surface area contributed by atoms with Crippen LogP contribution in [0.4, 0.5) is 5.69 Å². The number of ketones is 1. The van der Waals surface area contributed by atoms with Crippen molar-refractivity contribution in [3.05, 3.63) is 71.8 Å². The number of nitrogens with zero attached hydrogens (tertiary/aromatic N) is 1. The van der Waals surface area contributed by atoms with E-state index in [1.807, 2.05) is 18.2 Å². The number of fused-ring (bicyclic) bond motifs is 1. The van der Waals surface area contributed by atoms with Crippen LogP contribution in [0.1, 0.15) is 34.8 Å². The number of anilines is 1. The average molecular weight is 413 g/mol. The van der Waals surface area contributed by atoms with E-state index >= 15 is 0 Å². The van der Waals surface area contributed by atoms with Gasteiger partial charge in [-0.25, -0.2) is 8.42 Å². The first-order valence-corrected chi connectivity index (χ1v) is 10.9. The van der Waals surface area contributed by atoms with Gasteiger partial charge >= 0.3 is 0 Å². The average Bonchev–Trinajstić information content (AvgIpc) is 3.15. The van der Waals surface area contributed by atoms with E-state index in [0.29, 0.717) is 11.3 Å². The third kappa shape index (κ3) is 4.81. The van der Waals surface area contributed by atoms with E-state index in [-0.39, 0.29) is 23.8 Å². The summed E-state index contributed by atoms with van der Waals surface area (Å²) in [5.74, 6) is -0.570. The lowest BCUT2D eigenvalue weighted by atomic mass is 10.1. The quantitative estimate of drug-likeness (QED) is 0.533. The lowest BCUT2D eigenvalue weighted by molar-refractivity contribution is -0.116. The molecule has 0 aliphatic heterocycles. The van der Waals surface area contributed by atoms with Gasteiger partial charge in [-0.15, -0.1) is 6.58 Å².